The maximum Gasteiger partial charge on any atom is 0.266 e. The summed E-state index contributed by atoms with van der Waals surface area (Å²) in [6.45, 7) is -0.211. The molecular weight excluding hydrogens is 284 g/mol. The Morgan fingerprint density at radius 1 is 1.47 bits per heavy atom. The van der Waals surface area contributed by atoms with Crippen molar-refractivity contribution >= 4 is 34.7 Å². The number of hydrogen-bond acceptors (Lipinski definition) is 4. The van der Waals surface area contributed by atoms with Crippen molar-refractivity contribution in [3.8, 4) is 11.8 Å². The second kappa shape index (κ2) is 6.34. The van der Waals surface area contributed by atoms with E-state index in [-0.39, 0.29) is 12.5 Å². The first kappa shape index (κ1) is 13.6. The largest absolute Gasteiger partial charge is 0.384 e. The lowest BCUT2D eigenvalue weighted by Gasteiger charge is -2.02. The van der Waals surface area contributed by atoms with Crippen molar-refractivity contribution in [3.05, 3.63) is 45.2 Å². The van der Waals surface area contributed by atoms with Crippen LogP contribution in [0.25, 0.3) is 0 Å². The number of pyridine rings is 1. The molecule has 0 aromatic carbocycles. The molecule has 4 nitrogen and oxygen atoms in total. The average molecular weight is 293 g/mol. The first-order chi connectivity index (χ1) is 9.19. The van der Waals surface area contributed by atoms with E-state index in [2.05, 4.69) is 22.1 Å². The van der Waals surface area contributed by atoms with Crippen LogP contribution in [0.3, 0.4) is 0 Å². The van der Waals surface area contributed by atoms with E-state index in [9.17, 15) is 4.79 Å². The molecule has 0 saturated heterocycles. The van der Waals surface area contributed by atoms with E-state index in [1.54, 1.807) is 30.5 Å². The van der Waals surface area contributed by atoms with Gasteiger partial charge in [-0.1, -0.05) is 23.4 Å². The van der Waals surface area contributed by atoms with Crippen LogP contribution in [0.4, 0.5) is 5.82 Å². The number of halogens is 1. The summed E-state index contributed by atoms with van der Waals surface area (Å²) in [6.07, 6.45) is 1.54. The molecule has 2 rings (SSSR count). The van der Waals surface area contributed by atoms with Crippen LogP contribution in [0.5, 0.6) is 0 Å². The number of nitrogens with zero attached hydrogens (tertiary/aromatic N) is 1. The predicted molar refractivity (Wildman–Crippen MR) is 75.5 cm³/mol. The zero-order valence-corrected chi connectivity index (χ0v) is 11.3. The molecule has 0 atom stereocenters. The van der Waals surface area contributed by atoms with E-state index in [0.717, 1.165) is 0 Å². The third-order valence-electron chi connectivity index (χ3n) is 2.11. The van der Waals surface area contributed by atoms with Crippen molar-refractivity contribution < 1.29 is 9.90 Å². The van der Waals surface area contributed by atoms with Gasteiger partial charge in [0.15, 0.2) is 0 Å². The van der Waals surface area contributed by atoms with E-state index in [1.165, 1.54) is 11.3 Å². The summed E-state index contributed by atoms with van der Waals surface area (Å²) >= 11 is 6.97. The summed E-state index contributed by atoms with van der Waals surface area (Å²) in [7, 11) is 0. The Hall–Kier alpha value is -1.87. The van der Waals surface area contributed by atoms with Crippen LogP contribution in [0, 0.1) is 11.8 Å². The molecule has 0 aliphatic heterocycles. The van der Waals surface area contributed by atoms with Crippen LogP contribution in [0.15, 0.2) is 30.5 Å². The summed E-state index contributed by atoms with van der Waals surface area (Å²) in [4.78, 5) is 16.4. The summed E-state index contributed by atoms with van der Waals surface area (Å²) in [5.74, 6) is 5.41. The Balaban J connectivity index is 2.13. The first-order valence-corrected chi connectivity index (χ1v) is 6.51. The van der Waals surface area contributed by atoms with Gasteiger partial charge in [0.05, 0.1) is 9.21 Å². The quantitative estimate of drug-likeness (QED) is 0.836. The van der Waals surface area contributed by atoms with Crippen LogP contribution in [-0.2, 0) is 0 Å². The van der Waals surface area contributed by atoms with E-state index in [4.69, 9.17) is 16.7 Å². The summed E-state index contributed by atoms with van der Waals surface area (Å²) in [6, 6.07) is 6.64. The van der Waals surface area contributed by atoms with Gasteiger partial charge >= 0.3 is 0 Å². The smallest absolute Gasteiger partial charge is 0.266 e. The van der Waals surface area contributed by atoms with Gasteiger partial charge in [0.1, 0.15) is 12.4 Å². The number of aromatic nitrogens is 1. The second-order valence-electron chi connectivity index (χ2n) is 3.45. The Kier molecular flexibility index (Phi) is 4.53. The van der Waals surface area contributed by atoms with Gasteiger partial charge in [-0.15, -0.1) is 11.3 Å². The monoisotopic (exact) mass is 292 g/mol. The number of rotatable bonds is 2. The standard InChI is InChI=1S/C13H9ClN2O2S/c14-11-4-3-10(19-11)13(18)16-12-8-9(2-1-7-17)5-6-15-12/h3-6,8,17H,7H2,(H,15,16,18). The highest BCUT2D eigenvalue weighted by atomic mass is 35.5. The molecule has 6 heteroatoms. The average Bonchev–Trinajstić information content (AvgIpc) is 2.83. The minimum absolute atomic E-state index is 0.211. The molecule has 0 aliphatic carbocycles. The van der Waals surface area contributed by atoms with Crippen molar-refractivity contribution in [3.63, 3.8) is 0 Å². The number of carbonyl (C=O) groups excluding carboxylic acids is 1. The van der Waals surface area contributed by atoms with Crippen LogP contribution in [-0.4, -0.2) is 22.6 Å². The second-order valence-corrected chi connectivity index (χ2v) is 5.16. The molecule has 2 aromatic heterocycles. The molecule has 2 heterocycles. The minimum atomic E-state index is -0.267. The molecule has 0 radical (unpaired) electrons. The number of carbonyl (C=O) groups is 1. The number of thiophene rings is 1. The van der Waals surface area contributed by atoms with Crippen molar-refractivity contribution in [2.75, 3.05) is 11.9 Å². The Labute approximate surface area is 119 Å². The maximum absolute atomic E-state index is 11.9. The van der Waals surface area contributed by atoms with Crippen LogP contribution in [0.1, 0.15) is 15.2 Å². The van der Waals surface area contributed by atoms with Gasteiger partial charge in [0.25, 0.3) is 5.91 Å². The lowest BCUT2D eigenvalue weighted by molar-refractivity contribution is 0.103. The highest BCUT2D eigenvalue weighted by molar-refractivity contribution is 7.18. The van der Waals surface area contributed by atoms with Crippen molar-refractivity contribution in [1.82, 2.24) is 4.98 Å². The third-order valence-corrected chi connectivity index (χ3v) is 3.34. The summed E-state index contributed by atoms with van der Waals surface area (Å²) < 4.78 is 0.556. The Morgan fingerprint density at radius 3 is 3.00 bits per heavy atom. The predicted octanol–water partition coefficient (Wildman–Crippen LogP) is 2.39. The topological polar surface area (TPSA) is 62.2 Å². The normalized spacial score (nSPS) is 9.58. The van der Waals surface area contributed by atoms with Gasteiger partial charge in [-0.25, -0.2) is 4.98 Å². The molecular formula is C13H9ClN2O2S. The zero-order chi connectivity index (χ0) is 13.7. The molecule has 2 aromatic rings. The third kappa shape index (κ3) is 3.80. The maximum atomic E-state index is 11.9. The van der Waals surface area contributed by atoms with Crippen LogP contribution >= 0.6 is 22.9 Å². The number of amides is 1. The molecule has 0 fully saturated rings. The van der Waals surface area contributed by atoms with Gasteiger partial charge in [-0.05, 0) is 24.3 Å². The van der Waals surface area contributed by atoms with Gasteiger partial charge < -0.3 is 10.4 Å². The molecule has 0 saturated carbocycles. The Bertz CT molecular complexity index is 658. The van der Waals surface area contributed by atoms with Crippen LogP contribution < -0.4 is 5.32 Å². The minimum Gasteiger partial charge on any atom is -0.384 e. The number of aliphatic hydroxyl groups is 1. The van der Waals surface area contributed by atoms with Crippen molar-refractivity contribution in [2.45, 2.75) is 0 Å². The van der Waals surface area contributed by atoms with Gasteiger partial charge in [0.2, 0.25) is 0 Å². The van der Waals surface area contributed by atoms with Crippen molar-refractivity contribution in [1.29, 1.82) is 0 Å². The molecule has 0 bridgehead atoms. The Morgan fingerprint density at radius 2 is 2.32 bits per heavy atom. The van der Waals surface area contributed by atoms with Gasteiger partial charge in [-0.3, -0.25) is 4.79 Å². The van der Waals surface area contributed by atoms with Gasteiger partial charge in [0, 0.05) is 11.8 Å². The summed E-state index contributed by atoms with van der Waals surface area (Å²) in [5, 5.41) is 11.3. The highest BCUT2D eigenvalue weighted by Crippen LogP contribution is 2.22. The lowest BCUT2D eigenvalue weighted by Crippen LogP contribution is -2.11. The van der Waals surface area contributed by atoms with E-state index >= 15 is 0 Å². The number of aliphatic hydroxyl groups excluding tert-OH is 1. The van der Waals surface area contributed by atoms with Crippen molar-refractivity contribution in [2.24, 2.45) is 0 Å². The fourth-order valence-corrected chi connectivity index (χ4v) is 2.27. The molecule has 2 N–H and O–H groups in total. The molecule has 0 unspecified atom stereocenters. The number of anilines is 1. The van der Waals surface area contributed by atoms with Gasteiger partial charge in [-0.2, -0.15) is 0 Å². The van der Waals surface area contributed by atoms with E-state index in [1.807, 2.05) is 0 Å². The lowest BCUT2D eigenvalue weighted by atomic mass is 10.2. The summed E-state index contributed by atoms with van der Waals surface area (Å²) in [5.41, 5.74) is 0.670. The first-order valence-electron chi connectivity index (χ1n) is 5.31. The molecule has 0 aliphatic rings. The van der Waals surface area contributed by atoms with Crippen LogP contribution in [0.2, 0.25) is 4.34 Å². The molecule has 96 valence electrons. The molecule has 1 amide bonds. The van der Waals surface area contributed by atoms with E-state index < -0.39 is 0 Å². The highest BCUT2D eigenvalue weighted by Gasteiger charge is 2.09. The molecule has 0 spiro atoms. The van der Waals surface area contributed by atoms with E-state index in [0.29, 0.717) is 20.6 Å². The number of hydrogen-bond donors (Lipinski definition) is 2. The SMILES string of the molecule is O=C(Nc1cc(C#CCO)ccn1)c1ccc(Cl)s1. The fourth-order valence-electron chi connectivity index (χ4n) is 1.33. The zero-order valence-electron chi connectivity index (χ0n) is 9.68. The fraction of sp³-hybridized carbons (Fsp3) is 0.0769. The molecule has 19 heavy (non-hydrogen) atoms. The number of nitrogens with one attached hydrogen (secondary N) is 1.